The van der Waals surface area contributed by atoms with Crippen molar-refractivity contribution in [2.75, 3.05) is 0 Å². The fourth-order valence-electron chi connectivity index (χ4n) is 5.33. The van der Waals surface area contributed by atoms with Gasteiger partial charge in [-0.1, -0.05) is 36.4 Å². The van der Waals surface area contributed by atoms with Gasteiger partial charge >= 0.3 is 6.09 Å². The lowest BCUT2D eigenvalue weighted by Gasteiger charge is -2.42. The van der Waals surface area contributed by atoms with Crippen LogP contribution in [-0.2, 0) is 11.3 Å². The Balaban J connectivity index is 1.69. The molecule has 2 aromatic rings. The van der Waals surface area contributed by atoms with Gasteiger partial charge in [0.15, 0.2) is 0 Å². The van der Waals surface area contributed by atoms with Crippen LogP contribution in [0.15, 0.2) is 48.5 Å². The summed E-state index contributed by atoms with van der Waals surface area (Å²) in [7, 11) is 0. The van der Waals surface area contributed by atoms with Crippen molar-refractivity contribution >= 4 is 6.09 Å². The van der Waals surface area contributed by atoms with Crippen LogP contribution in [0.3, 0.4) is 0 Å². The summed E-state index contributed by atoms with van der Waals surface area (Å²) in [5.41, 5.74) is 1.93. The summed E-state index contributed by atoms with van der Waals surface area (Å²) >= 11 is 0. The minimum absolute atomic E-state index is 0.0633. The van der Waals surface area contributed by atoms with Gasteiger partial charge in [-0.15, -0.1) is 0 Å². The van der Waals surface area contributed by atoms with Crippen LogP contribution >= 0.6 is 0 Å². The van der Waals surface area contributed by atoms with E-state index in [4.69, 9.17) is 4.74 Å². The first-order valence-corrected chi connectivity index (χ1v) is 12.5. The summed E-state index contributed by atoms with van der Waals surface area (Å²) in [6, 6.07) is 15.4. The second-order valence-electron chi connectivity index (χ2n) is 9.98. The molecule has 1 fully saturated rings. The van der Waals surface area contributed by atoms with Gasteiger partial charge in [-0.05, 0) is 83.4 Å². The number of phenols is 2. The van der Waals surface area contributed by atoms with Crippen LogP contribution in [0.2, 0.25) is 0 Å². The molecule has 6 heteroatoms. The number of ether oxygens (including phenoxy) is 1. The number of phenolic OH excluding ortho intramolecular Hbond substituents is 2. The van der Waals surface area contributed by atoms with Crippen molar-refractivity contribution in [1.29, 1.82) is 0 Å². The van der Waals surface area contributed by atoms with E-state index in [0.29, 0.717) is 6.54 Å². The van der Waals surface area contributed by atoms with Crippen molar-refractivity contribution in [3.8, 4) is 11.5 Å². The minimum Gasteiger partial charge on any atom is -0.508 e. The molecule has 3 rings (SSSR count). The third-order valence-electron chi connectivity index (χ3n) is 6.90. The molecule has 0 spiro atoms. The molecule has 2 N–H and O–H groups in total. The molecule has 186 valence electrons. The number of carbonyl (C=O) groups is 1. The number of hydrogen-bond acceptors (Lipinski definition) is 5. The SMILES string of the molecule is CC(C)N(C(C)C)C(C)N(Cc1ccccc1)C(=O)OC1CCC(c2ccc(O)cc2O)CC1. The van der Waals surface area contributed by atoms with Crippen LogP contribution in [0.5, 0.6) is 11.5 Å². The number of nitrogens with zero attached hydrogens (tertiary/aromatic N) is 2. The fourth-order valence-corrected chi connectivity index (χ4v) is 5.33. The Morgan fingerprint density at radius 1 is 0.941 bits per heavy atom. The van der Waals surface area contributed by atoms with Gasteiger partial charge in [-0.2, -0.15) is 0 Å². The summed E-state index contributed by atoms with van der Waals surface area (Å²) in [6.07, 6.45) is 2.63. The molecule has 0 bridgehead atoms. The van der Waals surface area contributed by atoms with Gasteiger partial charge in [-0.25, -0.2) is 4.79 Å². The molecule has 34 heavy (non-hydrogen) atoms. The van der Waals surface area contributed by atoms with Crippen molar-refractivity contribution in [3.63, 3.8) is 0 Å². The van der Waals surface area contributed by atoms with Crippen LogP contribution in [0.4, 0.5) is 4.79 Å². The Labute approximate surface area is 204 Å². The number of aromatic hydroxyl groups is 2. The highest BCUT2D eigenvalue weighted by Crippen LogP contribution is 2.39. The number of amides is 1. The topological polar surface area (TPSA) is 73.2 Å². The van der Waals surface area contributed by atoms with E-state index < -0.39 is 0 Å². The van der Waals surface area contributed by atoms with Gasteiger partial charge < -0.3 is 14.9 Å². The number of rotatable bonds is 8. The molecule has 1 atom stereocenters. The highest BCUT2D eigenvalue weighted by Gasteiger charge is 2.33. The summed E-state index contributed by atoms with van der Waals surface area (Å²) in [6.45, 7) is 11.2. The standard InChI is InChI=1S/C28H40N2O4/c1-19(2)30(20(3)4)21(5)29(18-22-9-7-6-8-10-22)28(33)34-25-14-11-23(12-15-25)26-16-13-24(31)17-27(26)32/h6-10,13,16-17,19-21,23,25,31-32H,11-12,14-15,18H2,1-5H3. The molecule has 0 radical (unpaired) electrons. The Morgan fingerprint density at radius 2 is 1.56 bits per heavy atom. The first-order chi connectivity index (χ1) is 16.2. The van der Waals surface area contributed by atoms with E-state index in [1.54, 1.807) is 12.1 Å². The predicted molar refractivity (Wildman–Crippen MR) is 135 cm³/mol. The second kappa shape index (κ2) is 11.6. The third-order valence-corrected chi connectivity index (χ3v) is 6.90. The highest BCUT2D eigenvalue weighted by atomic mass is 16.6. The van der Waals surface area contributed by atoms with E-state index >= 15 is 0 Å². The average Bonchev–Trinajstić information content (AvgIpc) is 2.78. The van der Waals surface area contributed by atoms with Crippen molar-refractivity contribution in [1.82, 2.24) is 9.80 Å². The monoisotopic (exact) mass is 468 g/mol. The van der Waals surface area contributed by atoms with Gasteiger partial charge in [0, 0.05) is 18.2 Å². The van der Waals surface area contributed by atoms with Gasteiger partial charge in [0.2, 0.25) is 0 Å². The van der Waals surface area contributed by atoms with Gasteiger partial charge in [-0.3, -0.25) is 9.80 Å². The molecule has 1 amide bonds. The first kappa shape index (κ1) is 25.9. The molecule has 1 saturated carbocycles. The van der Waals surface area contributed by atoms with Crippen LogP contribution in [-0.4, -0.2) is 50.5 Å². The molecule has 1 unspecified atom stereocenters. The maximum absolute atomic E-state index is 13.5. The number of carbonyl (C=O) groups excluding carboxylic acids is 1. The van der Waals surface area contributed by atoms with Crippen LogP contribution in [0, 0.1) is 0 Å². The molecule has 0 aliphatic heterocycles. The minimum atomic E-state index is -0.279. The van der Waals surface area contributed by atoms with E-state index in [0.717, 1.165) is 36.8 Å². The van der Waals surface area contributed by atoms with Crippen molar-refractivity contribution in [3.05, 3.63) is 59.7 Å². The third kappa shape index (κ3) is 6.44. The molecule has 1 aliphatic rings. The molecular formula is C28H40N2O4. The van der Waals surface area contributed by atoms with Gasteiger partial charge in [0.1, 0.15) is 17.6 Å². The van der Waals surface area contributed by atoms with Gasteiger partial charge in [0.05, 0.1) is 12.7 Å². The molecule has 0 aromatic heterocycles. The summed E-state index contributed by atoms with van der Waals surface area (Å²) < 4.78 is 6.05. The van der Waals surface area contributed by atoms with E-state index in [-0.39, 0.29) is 47.9 Å². The fraction of sp³-hybridized carbons (Fsp3) is 0.536. The maximum Gasteiger partial charge on any atom is 0.411 e. The Kier molecular flexibility index (Phi) is 8.84. The van der Waals surface area contributed by atoms with Crippen molar-refractivity contribution in [2.45, 2.75) is 97.1 Å². The molecular weight excluding hydrogens is 428 g/mol. The summed E-state index contributed by atoms with van der Waals surface area (Å²) in [4.78, 5) is 17.6. The molecule has 0 heterocycles. The molecule has 2 aromatic carbocycles. The zero-order valence-corrected chi connectivity index (χ0v) is 21.1. The molecule has 1 aliphatic carbocycles. The van der Waals surface area contributed by atoms with E-state index in [9.17, 15) is 15.0 Å². The van der Waals surface area contributed by atoms with Gasteiger partial charge in [0.25, 0.3) is 0 Å². The van der Waals surface area contributed by atoms with Crippen LogP contribution in [0.1, 0.15) is 77.3 Å². The normalized spacial score (nSPS) is 19.4. The highest BCUT2D eigenvalue weighted by molar-refractivity contribution is 5.68. The van der Waals surface area contributed by atoms with Crippen LogP contribution < -0.4 is 0 Å². The Morgan fingerprint density at radius 3 is 2.12 bits per heavy atom. The average molecular weight is 469 g/mol. The summed E-state index contributed by atoms with van der Waals surface area (Å²) in [5, 5.41) is 19.8. The zero-order valence-electron chi connectivity index (χ0n) is 21.1. The smallest absolute Gasteiger partial charge is 0.411 e. The quantitative estimate of drug-likeness (QED) is 0.450. The lowest BCUT2D eigenvalue weighted by Crippen LogP contribution is -2.54. The molecule has 0 saturated heterocycles. The lowest BCUT2D eigenvalue weighted by atomic mass is 9.82. The Bertz CT molecular complexity index is 915. The number of benzene rings is 2. The van der Waals surface area contributed by atoms with E-state index in [1.165, 1.54) is 6.07 Å². The predicted octanol–water partition coefficient (Wildman–Crippen LogP) is 6.23. The molecule has 6 nitrogen and oxygen atoms in total. The largest absolute Gasteiger partial charge is 0.508 e. The van der Waals surface area contributed by atoms with Crippen molar-refractivity contribution in [2.24, 2.45) is 0 Å². The van der Waals surface area contributed by atoms with E-state index in [2.05, 4.69) is 39.5 Å². The van der Waals surface area contributed by atoms with Crippen LogP contribution in [0.25, 0.3) is 0 Å². The second-order valence-corrected chi connectivity index (χ2v) is 9.98. The number of hydrogen-bond donors (Lipinski definition) is 2. The first-order valence-electron chi connectivity index (χ1n) is 12.5. The Hall–Kier alpha value is -2.73. The van der Waals surface area contributed by atoms with E-state index in [1.807, 2.05) is 35.2 Å². The summed E-state index contributed by atoms with van der Waals surface area (Å²) in [5.74, 6) is 0.395. The van der Waals surface area contributed by atoms with Crippen molar-refractivity contribution < 1.29 is 19.7 Å². The maximum atomic E-state index is 13.5. The lowest BCUT2D eigenvalue weighted by molar-refractivity contribution is -0.0172. The zero-order chi connectivity index (χ0) is 24.8.